The highest BCUT2D eigenvalue weighted by molar-refractivity contribution is 5.98. The number of amides is 2. The number of hydrogen-bond acceptors (Lipinski definition) is 5. The SMILES string of the molecule is CCC[C@@H](NC(=O)c1cccc(-c2ccc(-c3nn[nH]n3)cc2)c1)C(=O)NC. The summed E-state index contributed by atoms with van der Waals surface area (Å²) in [5.74, 6) is 0.0616. The van der Waals surface area contributed by atoms with Crippen LogP contribution in [-0.4, -0.2) is 45.5 Å². The Hall–Kier alpha value is -3.55. The first-order chi connectivity index (χ1) is 13.6. The molecule has 8 heteroatoms. The van der Waals surface area contributed by atoms with E-state index in [1.165, 1.54) is 0 Å². The van der Waals surface area contributed by atoms with Gasteiger partial charge in [-0.2, -0.15) is 5.21 Å². The highest BCUT2D eigenvalue weighted by Gasteiger charge is 2.19. The number of H-pyrrole nitrogens is 1. The minimum absolute atomic E-state index is 0.191. The number of likely N-dealkylation sites (N-methyl/N-ethyl adjacent to an activating group) is 1. The molecule has 0 bridgehead atoms. The van der Waals surface area contributed by atoms with E-state index in [1.54, 1.807) is 13.1 Å². The Labute approximate surface area is 162 Å². The van der Waals surface area contributed by atoms with Crippen molar-refractivity contribution < 1.29 is 9.59 Å². The molecular formula is C20H22N6O2. The molecule has 8 nitrogen and oxygen atoms in total. The molecule has 1 atom stereocenters. The van der Waals surface area contributed by atoms with Gasteiger partial charge < -0.3 is 10.6 Å². The molecule has 0 unspecified atom stereocenters. The molecule has 0 aliphatic carbocycles. The average molecular weight is 378 g/mol. The molecule has 3 N–H and O–H groups in total. The maximum Gasteiger partial charge on any atom is 0.251 e. The molecule has 1 aromatic heterocycles. The van der Waals surface area contributed by atoms with Gasteiger partial charge in [0.1, 0.15) is 6.04 Å². The maximum atomic E-state index is 12.6. The number of rotatable bonds is 7. The second-order valence-corrected chi connectivity index (χ2v) is 6.32. The molecular weight excluding hydrogens is 356 g/mol. The van der Waals surface area contributed by atoms with Crippen LogP contribution in [0.1, 0.15) is 30.1 Å². The normalized spacial score (nSPS) is 11.6. The number of nitrogens with one attached hydrogen (secondary N) is 3. The summed E-state index contributed by atoms with van der Waals surface area (Å²) in [6.07, 6.45) is 1.38. The lowest BCUT2D eigenvalue weighted by Gasteiger charge is -2.16. The molecule has 0 aliphatic heterocycles. The summed E-state index contributed by atoms with van der Waals surface area (Å²) in [7, 11) is 1.57. The first kappa shape index (κ1) is 19.2. The number of tetrazole rings is 1. The summed E-state index contributed by atoms with van der Waals surface area (Å²) in [5.41, 5.74) is 3.21. The molecule has 3 rings (SSSR count). The van der Waals surface area contributed by atoms with Gasteiger partial charge in [0.05, 0.1) is 0 Å². The molecule has 3 aromatic rings. The maximum absolute atomic E-state index is 12.6. The Morgan fingerprint density at radius 1 is 1.07 bits per heavy atom. The van der Waals surface area contributed by atoms with Crippen LogP contribution in [-0.2, 0) is 4.79 Å². The van der Waals surface area contributed by atoms with Crippen LogP contribution >= 0.6 is 0 Å². The van der Waals surface area contributed by atoms with Gasteiger partial charge >= 0.3 is 0 Å². The van der Waals surface area contributed by atoms with Crippen molar-refractivity contribution in [3.63, 3.8) is 0 Å². The predicted molar refractivity (Wildman–Crippen MR) is 105 cm³/mol. The third-order valence-corrected chi connectivity index (χ3v) is 4.39. The number of benzene rings is 2. The number of aromatic amines is 1. The smallest absolute Gasteiger partial charge is 0.251 e. The van der Waals surface area contributed by atoms with Crippen molar-refractivity contribution in [2.24, 2.45) is 0 Å². The summed E-state index contributed by atoms with van der Waals surface area (Å²) in [4.78, 5) is 24.6. The molecule has 0 radical (unpaired) electrons. The van der Waals surface area contributed by atoms with Crippen molar-refractivity contribution in [2.45, 2.75) is 25.8 Å². The van der Waals surface area contributed by atoms with Crippen molar-refractivity contribution in [2.75, 3.05) is 7.05 Å². The van der Waals surface area contributed by atoms with Gasteiger partial charge in [-0.3, -0.25) is 9.59 Å². The van der Waals surface area contributed by atoms with E-state index >= 15 is 0 Å². The lowest BCUT2D eigenvalue weighted by molar-refractivity contribution is -0.122. The van der Waals surface area contributed by atoms with E-state index in [2.05, 4.69) is 31.3 Å². The summed E-state index contributed by atoms with van der Waals surface area (Å²) in [6.45, 7) is 1.97. The number of aromatic nitrogens is 4. The van der Waals surface area contributed by atoms with Gasteiger partial charge in [-0.05, 0) is 34.9 Å². The lowest BCUT2D eigenvalue weighted by Crippen LogP contribution is -2.45. The van der Waals surface area contributed by atoms with Gasteiger partial charge in [-0.15, -0.1) is 10.2 Å². The van der Waals surface area contributed by atoms with Crippen LogP contribution in [0.25, 0.3) is 22.5 Å². The largest absolute Gasteiger partial charge is 0.357 e. The highest BCUT2D eigenvalue weighted by Crippen LogP contribution is 2.23. The Morgan fingerprint density at radius 2 is 1.82 bits per heavy atom. The van der Waals surface area contributed by atoms with Crippen LogP contribution in [0.2, 0.25) is 0 Å². The molecule has 0 saturated heterocycles. The number of carbonyl (C=O) groups is 2. The monoisotopic (exact) mass is 378 g/mol. The molecule has 0 fully saturated rings. The van der Waals surface area contributed by atoms with Gasteiger partial charge in [0.25, 0.3) is 5.91 Å². The van der Waals surface area contributed by atoms with Crippen LogP contribution in [0.15, 0.2) is 48.5 Å². The summed E-state index contributed by atoms with van der Waals surface area (Å²) < 4.78 is 0. The number of nitrogens with zero attached hydrogens (tertiary/aromatic N) is 3. The van der Waals surface area contributed by atoms with Crippen LogP contribution in [0.5, 0.6) is 0 Å². The van der Waals surface area contributed by atoms with Crippen molar-refractivity contribution in [3.8, 4) is 22.5 Å². The van der Waals surface area contributed by atoms with E-state index in [1.807, 2.05) is 49.4 Å². The zero-order chi connectivity index (χ0) is 19.9. The Balaban J connectivity index is 1.78. The molecule has 28 heavy (non-hydrogen) atoms. The third kappa shape index (κ3) is 4.40. The molecule has 144 valence electrons. The van der Waals surface area contributed by atoms with Crippen LogP contribution in [0.4, 0.5) is 0 Å². The van der Waals surface area contributed by atoms with Crippen molar-refractivity contribution in [1.82, 2.24) is 31.3 Å². The molecule has 0 spiro atoms. The van der Waals surface area contributed by atoms with Gasteiger partial charge in [-0.25, -0.2) is 0 Å². The zero-order valence-corrected chi connectivity index (χ0v) is 15.8. The zero-order valence-electron chi connectivity index (χ0n) is 15.8. The standard InChI is InChI=1S/C20H22N6O2/c1-3-5-17(20(28)21-2)22-19(27)16-7-4-6-15(12-16)13-8-10-14(11-9-13)18-23-25-26-24-18/h4,6-12,17H,3,5H2,1-2H3,(H,21,28)(H,22,27)(H,23,24,25,26)/t17-/m1/s1. The second-order valence-electron chi connectivity index (χ2n) is 6.32. The fourth-order valence-corrected chi connectivity index (χ4v) is 2.91. The quantitative estimate of drug-likeness (QED) is 0.583. The number of hydrogen-bond donors (Lipinski definition) is 3. The summed E-state index contributed by atoms with van der Waals surface area (Å²) >= 11 is 0. The Kier molecular flexibility index (Phi) is 6.11. The molecule has 1 heterocycles. The first-order valence-electron chi connectivity index (χ1n) is 9.09. The van der Waals surface area contributed by atoms with Gasteiger partial charge in [-0.1, -0.05) is 49.7 Å². The summed E-state index contributed by atoms with van der Waals surface area (Å²) in [5, 5.41) is 19.3. The van der Waals surface area contributed by atoms with E-state index in [0.29, 0.717) is 17.8 Å². The Bertz CT molecular complexity index is 938. The van der Waals surface area contributed by atoms with Gasteiger partial charge in [0.2, 0.25) is 11.7 Å². The van der Waals surface area contributed by atoms with E-state index in [0.717, 1.165) is 23.1 Å². The van der Waals surface area contributed by atoms with Crippen LogP contribution < -0.4 is 10.6 Å². The van der Waals surface area contributed by atoms with Crippen molar-refractivity contribution >= 4 is 11.8 Å². The molecule has 0 saturated carbocycles. The molecule has 0 aliphatic rings. The fourth-order valence-electron chi connectivity index (χ4n) is 2.91. The minimum atomic E-state index is -0.541. The van der Waals surface area contributed by atoms with Crippen LogP contribution in [0.3, 0.4) is 0 Å². The lowest BCUT2D eigenvalue weighted by atomic mass is 10.0. The van der Waals surface area contributed by atoms with E-state index in [9.17, 15) is 9.59 Å². The predicted octanol–water partition coefficient (Wildman–Crippen LogP) is 2.18. The third-order valence-electron chi connectivity index (χ3n) is 4.39. The van der Waals surface area contributed by atoms with Crippen LogP contribution in [0, 0.1) is 0 Å². The van der Waals surface area contributed by atoms with E-state index < -0.39 is 6.04 Å². The van der Waals surface area contributed by atoms with Gasteiger partial charge in [0, 0.05) is 18.2 Å². The van der Waals surface area contributed by atoms with Gasteiger partial charge in [0.15, 0.2) is 0 Å². The molecule has 2 aromatic carbocycles. The topological polar surface area (TPSA) is 113 Å². The minimum Gasteiger partial charge on any atom is -0.357 e. The van der Waals surface area contributed by atoms with Crippen molar-refractivity contribution in [1.29, 1.82) is 0 Å². The second kappa shape index (κ2) is 8.90. The summed E-state index contributed by atoms with van der Waals surface area (Å²) in [6, 6.07) is 14.4. The fraction of sp³-hybridized carbons (Fsp3) is 0.250. The highest BCUT2D eigenvalue weighted by atomic mass is 16.2. The first-order valence-corrected chi connectivity index (χ1v) is 9.09. The average Bonchev–Trinajstić information content (AvgIpc) is 3.28. The van der Waals surface area contributed by atoms with E-state index in [4.69, 9.17) is 0 Å². The molecule has 2 amide bonds. The van der Waals surface area contributed by atoms with Crippen molar-refractivity contribution in [3.05, 3.63) is 54.1 Å². The Morgan fingerprint density at radius 3 is 2.46 bits per heavy atom. The van der Waals surface area contributed by atoms with E-state index in [-0.39, 0.29) is 11.8 Å². The number of carbonyl (C=O) groups excluding carboxylic acids is 2.